The molecular weight excluding hydrogens is 480 g/mol. The monoisotopic (exact) mass is 506 g/mol. The van der Waals surface area contributed by atoms with E-state index in [1.165, 1.54) is 4.90 Å². The molecule has 3 aliphatic heterocycles. The van der Waals surface area contributed by atoms with Crippen LogP contribution in [0.25, 0.3) is 16.6 Å². The van der Waals surface area contributed by atoms with E-state index in [0.29, 0.717) is 33.9 Å². The third kappa shape index (κ3) is 2.73. The summed E-state index contributed by atoms with van der Waals surface area (Å²) in [6.45, 7) is 4.09. The standard InChI is InChI=1S/C30H26N4O4/c1-16(2)25-23-24(28(37)33(27(23)36)17-12-14-18(38-3)15-13-17)30(32-25)20-9-5-7-11-22(20)34-26(35)19-8-4-6-10-21(19)31-29(30)34/h4-16,23-25,32H,1-3H3/t23-,24+,25+,30-/m0/s1. The van der Waals surface area contributed by atoms with Crippen molar-refractivity contribution in [1.82, 2.24) is 14.9 Å². The molecule has 1 aromatic heterocycles. The van der Waals surface area contributed by atoms with Crippen LogP contribution in [0.2, 0.25) is 0 Å². The van der Waals surface area contributed by atoms with Gasteiger partial charge in [-0.15, -0.1) is 0 Å². The number of carbonyl (C=O) groups excluding carboxylic acids is 2. The normalized spacial score (nSPS) is 25.4. The fourth-order valence-corrected chi connectivity index (χ4v) is 6.71. The van der Waals surface area contributed by atoms with Gasteiger partial charge < -0.3 is 4.74 Å². The number of aromatic nitrogens is 2. The average Bonchev–Trinajstić information content (AvgIpc) is 3.53. The van der Waals surface area contributed by atoms with E-state index in [9.17, 15) is 14.4 Å². The Morgan fingerprint density at radius 3 is 2.37 bits per heavy atom. The van der Waals surface area contributed by atoms with Gasteiger partial charge in [0.05, 0.1) is 41.2 Å². The molecule has 2 saturated heterocycles. The van der Waals surface area contributed by atoms with Gasteiger partial charge in [-0.25, -0.2) is 9.88 Å². The third-order valence-electron chi connectivity index (χ3n) is 8.35. The van der Waals surface area contributed by atoms with Crippen molar-refractivity contribution in [3.8, 4) is 11.4 Å². The molecule has 0 saturated carbocycles. The van der Waals surface area contributed by atoms with Crippen molar-refractivity contribution in [2.75, 3.05) is 12.0 Å². The molecule has 0 radical (unpaired) electrons. The zero-order valence-electron chi connectivity index (χ0n) is 21.2. The molecule has 0 bridgehead atoms. The summed E-state index contributed by atoms with van der Waals surface area (Å²) in [7, 11) is 1.57. The maximum Gasteiger partial charge on any atom is 0.266 e. The molecule has 0 unspecified atom stereocenters. The van der Waals surface area contributed by atoms with Crippen molar-refractivity contribution in [3.05, 3.63) is 94.5 Å². The van der Waals surface area contributed by atoms with Gasteiger partial charge in [-0.2, -0.15) is 0 Å². The minimum Gasteiger partial charge on any atom is -0.497 e. The van der Waals surface area contributed by atoms with E-state index in [-0.39, 0.29) is 29.3 Å². The van der Waals surface area contributed by atoms with Crippen LogP contribution in [0.15, 0.2) is 77.6 Å². The lowest BCUT2D eigenvalue weighted by Crippen LogP contribution is -2.51. The third-order valence-corrected chi connectivity index (χ3v) is 8.35. The van der Waals surface area contributed by atoms with Crippen molar-refractivity contribution in [1.29, 1.82) is 0 Å². The lowest BCUT2D eigenvalue weighted by Gasteiger charge is -2.32. The van der Waals surface area contributed by atoms with Crippen molar-refractivity contribution in [3.63, 3.8) is 0 Å². The Hall–Kier alpha value is -4.30. The van der Waals surface area contributed by atoms with Crippen molar-refractivity contribution in [2.24, 2.45) is 17.8 Å². The highest BCUT2D eigenvalue weighted by molar-refractivity contribution is 6.23. The Morgan fingerprint density at radius 1 is 0.921 bits per heavy atom. The van der Waals surface area contributed by atoms with E-state index in [1.807, 2.05) is 56.3 Å². The number of anilines is 1. The minimum absolute atomic E-state index is 0.0443. The van der Waals surface area contributed by atoms with Gasteiger partial charge in [0, 0.05) is 11.6 Å². The number of carbonyl (C=O) groups is 2. The molecule has 3 aliphatic rings. The Bertz CT molecular complexity index is 1710. The lowest BCUT2D eigenvalue weighted by atomic mass is 9.75. The number of nitrogens with zero attached hydrogens (tertiary/aromatic N) is 3. The summed E-state index contributed by atoms with van der Waals surface area (Å²) in [4.78, 5) is 48.6. The molecule has 4 aromatic rings. The number of ether oxygens (including phenoxy) is 1. The van der Waals surface area contributed by atoms with Crippen LogP contribution in [-0.4, -0.2) is 34.5 Å². The van der Waals surface area contributed by atoms with Gasteiger partial charge in [0.1, 0.15) is 17.1 Å². The van der Waals surface area contributed by atoms with Crippen LogP contribution in [0.3, 0.4) is 0 Å². The van der Waals surface area contributed by atoms with Gasteiger partial charge in [-0.05, 0) is 48.4 Å². The largest absolute Gasteiger partial charge is 0.497 e. The fourth-order valence-electron chi connectivity index (χ4n) is 6.71. The summed E-state index contributed by atoms with van der Waals surface area (Å²) in [6.07, 6.45) is 0. The first-order valence-electron chi connectivity index (χ1n) is 12.8. The van der Waals surface area contributed by atoms with Crippen LogP contribution in [0.1, 0.15) is 25.2 Å². The predicted octanol–water partition coefficient (Wildman–Crippen LogP) is 3.38. The second kappa shape index (κ2) is 7.85. The minimum atomic E-state index is -1.13. The first-order chi connectivity index (χ1) is 18.4. The zero-order chi connectivity index (χ0) is 26.3. The van der Waals surface area contributed by atoms with Crippen molar-refractivity contribution < 1.29 is 14.3 Å². The maximum absolute atomic E-state index is 14.4. The van der Waals surface area contributed by atoms with Gasteiger partial charge in [-0.1, -0.05) is 44.2 Å². The number of benzene rings is 3. The first kappa shape index (κ1) is 22.9. The van der Waals surface area contributed by atoms with E-state index in [1.54, 1.807) is 42.0 Å². The van der Waals surface area contributed by atoms with Crippen LogP contribution >= 0.6 is 0 Å². The number of amides is 2. The summed E-state index contributed by atoms with van der Waals surface area (Å²) in [5.74, 6) is -0.791. The molecule has 8 nitrogen and oxygen atoms in total. The molecule has 38 heavy (non-hydrogen) atoms. The highest BCUT2D eigenvalue weighted by Gasteiger charge is 2.70. The molecular formula is C30H26N4O4. The van der Waals surface area contributed by atoms with Gasteiger partial charge in [0.25, 0.3) is 5.56 Å². The summed E-state index contributed by atoms with van der Waals surface area (Å²) in [6, 6.07) is 21.5. The van der Waals surface area contributed by atoms with E-state index in [2.05, 4.69) is 5.32 Å². The summed E-state index contributed by atoms with van der Waals surface area (Å²) < 4.78 is 6.89. The molecule has 0 aliphatic carbocycles. The quantitative estimate of drug-likeness (QED) is 0.428. The van der Waals surface area contributed by atoms with Crippen LogP contribution in [0, 0.1) is 17.8 Å². The fraction of sp³-hybridized carbons (Fsp3) is 0.267. The van der Waals surface area contributed by atoms with Crippen molar-refractivity contribution >= 4 is 28.4 Å². The summed E-state index contributed by atoms with van der Waals surface area (Å²) in [5, 5.41) is 4.22. The number of fused-ring (bicyclic) bond motifs is 8. The Balaban J connectivity index is 1.51. The van der Waals surface area contributed by atoms with Crippen LogP contribution in [0.5, 0.6) is 5.75 Å². The van der Waals surface area contributed by atoms with Gasteiger partial charge in [0.15, 0.2) is 0 Å². The van der Waals surface area contributed by atoms with Gasteiger partial charge in [-0.3, -0.25) is 24.3 Å². The van der Waals surface area contributed by atoms with E-state index < -0.39 is 17.4 Å². The molecule has 7 rings (SSSR count). The van der Waals surface area contributed by atoms with E-state index in [0.717, 1.165) is 5.56 Å². The number of methoxy groups -OCH3 is 1. The topological polar surface area (TPSA) is 93.5 Å². The lowest BCUT2D eigenvalue weighted by molar-refractivity contribution is -0.123. The number of hydrogen-bond acceptors (Lipinski definition) is 6. The molecule has 190 valence electrons. The SMILES string of the molecule is COc1ccc(N2C(=O)[C@@H]3[C@@H](C(C)C)N[C@@]4(c5ccccc5-n5c4nc4ccccc4c5=O)[C@H]3C2=O)cc1. The molecule has 4 heterocycles. The number of rotatable bonds is 3. The second-order valence-corrected chi connectivity index (χ2v) is 10.5. The van der Waals surface area contributed by atoms with Crippen molar-refractivity contribution in [2.45, 2.75) is 25.4 Å². The molecule has 4 atom stereocenters. The smallest absolute Gasteiger partial charge is 0.266 e. The molecule has 8 heteroatoms. The first-order valence-corrected chi connectivity index (χ1v) is 12.8. The number of nitrogens with one attached hydrogen (secondary N) is 1. The Morgan fingerprint density at radius 2 is 1.63 bits per heavy atom. The molecule has 2 amide bonds. The van der Waals surface area contributed by atoms with Crippen LogP contribution < -0.4 is 20.5 Å². The highest BCUT2D eigenvalue weighted by atomic mass is 16.5. The van der Waals surface area contributed by atoms with E-state index >= 15 is 0 Å². The van der Waals surface area contributed by atoms with Gasteiger partial charge >= 0.3 is 0 Å². The summed E-state index contributed by atoms with van der Waals surface area (Å²) >= 11 is 0. The molecule has 1 N–H and O–H groups in total. The number of hydrogen-bond donors (Lipinski definition) is 1. The maximum atomic E-state index is 14.4. The second-order valence-electron chi connectivity index (χ2n) is 10.5. The predicted molar refractivity (Wildman–Crippen MR) is 142 cm³/mol. The Kier molecular flexibility index (Phi) is 4.72. The number of para-hydroxylation sites is 2. The average molecular weight is 507 g/mol. The zero-order valence-corrected chi connectivity index (χ0v) is 21.2. The highest BCUT2D eigenvalue weighted by Crippen LogP contribution is 2.56. The Labute approximate surface area is 218 Å². The molecule has 3 aromatic carbocycles. The van der Waals surface area contributed by atoms with Crippen LogP contribution in [-0.2, 0) is 15.1 Å². The van der Waals surface area contributed by atoms with Gasteiger partial charge in [0.2, 0.25) is 11.8 Å². The number of imide groups is 1. The van der Waals surface area contributed by atoms with E-state index in [4.69, 9.17) is 9.72 Å². The van der Waals surface area contributed by atoms with Crippen LogP contribution in [0.4, 0.5) is 5.69 Å². The molecule has 2 fully saturated rings. The summed E-state index contributed by atoms with van der Waals surface area (Å²) in [5.41, 5.74) is 1.22. The molecule has 1 spiro atoms.